The summed E-state index contributed by atoms with van der Waals surface area (Å²) in [4.78, 5) is 33.8. The fourth-order valence-corrected chi connectivity index (χ4v) is 5.42. The van der Waals surface area contributed by atoms with Crippen molar-refractivity contribution >= 4 is 45.0 Å². The number of benzene rings is 1. The molecule has 1 atom stereocenters. The number of carbonyl (C=O) groups is 2. The van der Waals surface area contributed by atoms with Crippen LogP contribution < -0.4 is 5.32 Å². The number of carbonyl (C=O) groups excluding carboxylic acids is 1. The number of esters is 1. The van der Waals surface area contributed by atoms with E-state index < -0.39 is 29.7 Å². The molecule has 1 fully saturated rings. The molecule has 1 aromatic carbocycles. The number of hydrogen-bond acceptors (Lipinski definition) is 7. The largest absolute Gasteiger partial charge is 0.481 e. The van der Waals surface area contributed by atoms with E-state index in [0.717, 1.165) is 0 Å². The quantitative estimate of drug-likeness (QED) is 0.513. The van der Waals surface area contributed by atoms with Gasteiger partial charge in [0.15, 0.2) is 10.8 Å². The summed E-state index contributed by atoms with van der Waals surface area (Å²) in [6.45, 7) is 1.91. The molecule has 7 nitrogen and oxygen atoms in total. The van der Waals surface area contributed by atoms with Crippen LogP contribution in [0.5, 0.6) is 0 Å². The number of rotatable bonds is 6. The first-order valence-corrected chi connectivity index (χ1v) is 12.4. The van der Waals surface area contributed by atoms with Gasteiger partial charge in [-0.3, -0.25) is 9.79 Å². The molecule has 1 aromatic heterocycles. The van der Waals surface area contributed by atoms with E-state index in [2.05, 4.69) is 26.2 Å². The first kappa shape index (κ1) is 23.6. The van der Waals surface area contributed by atoms with Crippen molar-refractivity contribution in [3.05, 3.63) is 61.9 Å². The maximum atomic E-state index is 14.4. The molecule has 1 aliphatic carbocycles. The molecule has 33 heavy (non-hydrogen) atoms. The molecule has 1 aliphatic heterocycles. The Hall–Kier alpha value is -2.59. The summed E-state index contributed by atoms with van der Waals surface area (Å²) < 4.78 is 20.1. The molecule has 2 N–H and O–H groups in total. The lowest BCUT2D eigenvalue weighted by Gasteiger charge is -2.34. The van der Waals surface area contributed by atoms with Gasteiger partial charge in [-0.1, -0.05) is 12.1 Å². The highest BCUT2D eigenvalue weighted by molar-refractivity contribution is 9.10. The molecule has 2 heterocycles. The van der Waals surface area contributed by atoms with Gasteiger partial charge < -0.3 is 15.2 Å². The van der Waals surface area contributed by atoms with E-state index in [1.54, 1.807) is 25.3 Å². The molecule has 4 rings (SSSR count). The highest BCUT2D eigenvalue weighted by Gasteiger charge is 2.38. The first-order valence-electron chi connectivity index (χ1n) is 10.7. The number of nitrogens with zero attached hydrogens (tertiary/aromatic N) is 2. The molecule has 10 heteroatoms. The number of aliphatic imine (C=N–C) groups is 1. The van der Waals surface area contributed by atoms with Gasteiger partial charge in [-0.2, -0.15) is 0 Å². The molecule has 0 bridgehead atoms. The number of aliphatic carboxylic acids is 1. The monoisotopic (exact) mass is 535 g/mol. The molecule has 0 spiro atoms. The van der Waals surface area contributed by atoms with E-state index in [4.69, 9.17) is 9.73 Å². The number of nitrogens with one attached hydrogen (secondary N) is 1. The second-order valence-corrected chi connectivity index (χ2v) is 9.61. The number of carboxylic acids is 1. The summed E-state index contributed by atoms with van der Waals surface area (Å²) in [6.07, 6.45) is 3.90. The highest BCUT2D eigenvalue weighted by Crippen LogP contribution is 2.42. The zero-order chi connectivity index (χ0) is 23.5. The van der Waals surface area contributed by atoms with Crippen LogP contribution in [0.25, 0.3) is 0 Å². The Morgan fingerprint density at radius 1 is 1.30 bits per heavy atom. The molecule has 174 valence electrons. The number of halogens is 2. The molecular formula is C23H23BrFN3O4S. The number of amidine groups is 1. The van der Waals surface area contributed by atoms with Crippen LogP contribution in [0.3, 0.4) is 0 Å². The summed E-state index contributed by atoms with van der Waals surface area (Å²) in [7, 11) is 0. The first-order chi connectivity index (χ1) is 15.9. The van der Waals surface area contributed by atoms with Crippen molar-refractivity contribution in [2.24, 2.45) is 16.8 Å². The predicted octanol–water partition coefficient (Wildman–Crippen LogP) is 4.84. The third-order valence-electron chi connectivity index (χ3n) is 5.97. The Balaban J connectivity index is 1.83. The molecule has 2 aliphatic rings. The van der Waals surface area contributed by atoms with Crippen molar-refractivity contribution in [1.29, 1.82) is 0 Å². The van der Waals surface area contributed by atoms with Crippen LogP contribution in [0.1, 0.15) is 49.2 Å². The van der Waals surface area contributed by atoms with Gasteiger partial charge in [0.25, 0.3) is 0 Å². The zero-order valence-corrected chi connectivity index (χ0v) is 20.3. The fourth-order valence-electron chi connectivity index (χ4n) is 4.36. The van der Waals surface area contributed by atoms with Crippen molar-refractivity contribution in [3.63, 3.8) is 0 Å². The molecule has 0 amide bonds. The second kappa shape index (κ2) is 10.1. The third-order valence-corrected chi connectivity index (χ3v) is 7.58. The van der Waals surface area contributed by atoms with Crippen LogP contribution in [0.15, 0.2) is 50.5 Å². The minimum absolute atomic E-state index is 0.0831. The van der Waals surface area contributed by atoms with Crippen LogP contribution in [0.4, 0.5) is 4.39 Å². The summed E-state index contributed by atoms with van der Waals surface area (Å²) in [5.74, 6) is -1.75. The number of hydrogen-bond donors (Lipinski definition) is 2. The minimum Gasteiger partial charge on any atom is -0.481 e. The van der Waals surface area contributed by atoms with Crippen molar-refractivity contribution in [1.82, 2.24) is 10.3 Å². The Morgan fingerprint density at radius 2 is 2.06 bits per heavy atom. The molecular weight excluding hydrogens is 513 g/mol. The lowest BCUT2D eigenvalue weighted by atomic mass is 9.78. The average Bonchev–Trinajstić information content (AvgIpc) is 3.35. The van der Waals surface area contributed by atoms with Gasteiger partial charge in [0.05, 0.1) is 22.6 Å². The summed E-state index contributed by atoms with van der Waals surface area (Å²) in [5.41, 5.74) is 1.48. The number of carboxylic acid groups (broad SMARTS) is 1. The lowest BCUT2D eigenvalue weighted by Crippen LogP contribution is -2.38. The summed E-state index contributed by atoms with van der Waals surface area (Å²) >= 11 is 4.72. The Morgan fingerprint density at radius 3 is 2.70 bits per heavy atom. The van der Waals surface area contributed by atoms with Crippen LogP contribution in [-0.2, 0) is 14.3 Å². The molecule has 0 radical (unpaired) electrons. The van der Waals surface area contributed by atoms with Crippen molar-refractivity contribution < 1.29 is 23.8 Å². The van der Waals surface area contributed by atoms with Crippen LogP contribution in [0, 0.1) is 17.7 Å². The minimum atomic E-state index is -0.804. The van der Waals surface area contributed by atoms with Crippen LogP contribution in [0.2, 0.25) is 0 Å². The van der Waals surface area contributed by atoms with Gasteiger partial charge in [0, 0.05) is 17.3 Å². The second-order valence-electron chi connectivity index (χ2n) is 7.92. The topological polar surface area (TPSA) is 101 Å². The van der Waals surface area contributed by atoms with E-state index in [1.165, 1.54) is 17.4 Å². The molecule has 1 saturated carbocycles. The number of ether oxygens (including phenoxy) is 1. The van der Waals surface area contributed by atoms with E-state index in [1.807, 2.05) is 5.38 Å². The number of allylic oxidation sites excluding steroid dienone is 1. The SMILES string of the molecule is CCOC(=O)C1=C(C2CCC(C(=O)O)CC2)NC(c2nccs2)=NC1c1cccc(F)c1Br. The van der Waals surface area contributed by atoms with Crippen LogP contribution >= 0.6 is 27.3 Å². The fraction of sp³-hybridized carbons (Fsp3) is 0.391. The zero-order valence-electron chi connectivity index (χ0n) is 17.9. The van der Waals surface area contributed by atoms with Gasteiger partial charge in [-0.05, 0) is 66.1 Å². The van der Waals surface area contributed by atoms with Crippen molar-refractivity contribution in [2.45, 2.75) is 38.6 Å². The van der Waals surface area contributed by atoms with Gasteiger partial charge in [-0.25, -0.2) is 14.2 Å². The van der Waals surface area contributed by atoms with E-state index in [-0.39, 0.29) is 17.0 Å². The van der Waals surface area contributed by atoms with E-state index in [9.17, 15) is 19.1 Å². The molecule has 1 unspecified atom stereocenters. The smallest absolute Gasteiger partial charge is 0.338 e. The van der Waals surface area contributed by atoms with E-state index >= 15 is 0 Å². The normalized spacial score (nSPS) is 23.0. The summed E-state index contributed by atoms with van der Waals surface area (Å²) in [5, 5.41) is 15.2. The van der Waals surface area contributed by atoms with Gasteiger partial charge >= 0.3 is 11.9 Å². The average molecular weight is 536 g/mol. The third kappa shape index (κ3) is 4.86. The standard InChI is InChI=1S/C23H23BrFN3O4S/c1-2-32-23(31)16-18(12-6-8-13(9-7-12)22(29)30)27-20(21-26-10-11-33-21)28-19(16)14-4-3-5-15(25)17(14)24/h3-5,10-13,19H,2,6-9H2,1H3,(H,27,28)(H,29,30). The highest BCUT2D eigenvalue weighted by atomic mass is 79.9. The lowest BCUT2D eigenvalue weighted by molar-refractivity contribution is -0.143. The predicted molar refractivity (Wildman–Crippen MR) is 125 cm³/mol. The maximum absolute atomic E-state index is 14.4. The summed E-state index contributed by atoms with van der Waals surface area (Å²) in [6, 6.07) is 3.84. The molecule has 0 saturated heterocycles. The van der Waals surface area contributed by atoms with Crippen molar-refractivity contribution in [2.75, 3.05) is 6.61 Å². The Bertz CT molecular complexity index is 1110. The number of aromatic nitrogens is 1. The van der Waals surface area contributed by atoms with Gasteiger partial charge in [-0.15, -0.1) is 11.3 Å². The van der Waals surface area contributed by atoms with E-state index in [0.29, 0.717) is 53.4 Å². The Kier molecular flexibility index (Phi) is 7.23. The van der Waals surface area contributed by atoms with Crippen molar-refractivity contribution in [3.8, 4) is 0 Å². The van der Waals surface area contributed by atoms with Gasteiger partial charge in [0.2, 0.25) is 0 Å². The molecule has 2 aromatic rings. The maximum Gasteiger partial charge on any atom is 0.338 e. The number of thiazole rings is 1. The van der Waals surface area contributed by atoms with Gasteiger partial charge in [0.1, 0.15) is 11.9 Å². The Labute approximate surface area is 202 Å². The van der Waals surface area contributed by atoms with Crippen LogP contribution in [-0.4, -0.2) is 34.5 Å².